The molecule has 1 saturated carbocycles. The standard InChI is InChI=1S/C17H22FN3O/c18-15-10-14(4-7-19-15)16(22)20-9-6-17(12-20)5-1-8-21(17)11-13-2-3-13/h4,7,10,13H,1-3,5-6,8-9,11-12H2/t17-/m0/s1. The van der Waals surface area contributed by atoms with Crippen LogP contribution in [0.4, 0.5) is 4.39 Å². The van der Waals surface area contributed by atoms with Crippen LogP contribution in [0.1, 0.15) is 42.5 Å². The summed E-state index contributed by atoms with van der Waals surface area (Å²) in [7, 11) is 0. The van der Waals surface area contributed by atoms with Crippen LogP contribution in [-0.4, -0.2) is 52.4 Å². The average molecular weight is 303 g/mol. The molecular weight excluding hydrogens is 281 g/mol. The Hall–Kier alpha value is -1.49. The van der Waals surface area contributed by atoms with Crippen LogP contribution in [0.15, 0.2) is 18.3 Å². The van der Waals surface area contributed by atoms with Crippen molar-refractivity contribution in [2.24, 2.45) is 5.92 Å². The van der Waals surface area contributed by atoms with E-state index in [2.05, 4.69) is 9.88 Å². The van der Waals surface area contributed by atoms with Crippen molar-refractivity contribution >= 4 is 5.91 Å². The van der Waals surface area contributed by atoms with E-state index in [1.807, 2.05) is 4.90 Å². The largest absolute Gasteiger partial charge is 0.337 e. The number of likely N-dealkylation sites (tertiary alicyclic amines) is 2. The van der Waals surface area contributed by atoms with Gasteiger partial charge >= 0.3 is 0 Å². The van der Waals surface area contributed by atoms with Gasteiger partial charge in [-0.3, -0.25) is 9.69 Å². The number of rotatable bonds is 3. The maximum absolute atomic E-state index is 13.2. The van der Waals surface area contributed by atoms with Crippen LogP contribution >= 0.6 is 0 Å². The third kappa shape index (κ3) is 2.51. The smallest absolute Gasteiger partial charge is 0.254 e. The Morgan fingerprint density at radius 3 is 3.00 bits per heavy atom. The van der Waals surface area contributed by atoms with Gasteiger partial charge < -0.3 is 4.90 Å². The minimum Gasteiger partial charge on any atom is -0.337 e. The molecule has 0 aromatic carbocycles. The molecule has 3 fully saturated rings. The number of amides is 1. The van der Waals surface area contributed by atoms with Gasteiger partial charge in [-0.1, -0.05) is 0 Å². The fourth-order valence-corrected chi connectivity index (χ4v) is 4.10. The first-order valence-corrected chi connectivity index (χ1v) is 8.32. The van der Waals surface area contributed by atoms with Crippen molar-refractivity contribution in [1.29, 1.82) is 0 Å². The van der Waals surface area contributed by atoms with Crippen molar-refractivity contribution in [2.75, 3.05) is 26.2 Å². The van der Waals surface area contributed by atoms with Crippen LogP contribution in [0.25, 0.3) is 0 Å². The monoisotopic (exact) mass is 303 g/mol. The van der Waals surface area contributed by atoms with E-state index in [1.54, 1.807) is 6.07 Å². The summed E-state index contributed by atoms with van der Waals surface area (Å²) < 4.78 is 13.2. The molecule has 3 heterocycles. The number of hydrogen-bond donors (Lipinski definition) is 0. The van der Waals surface area contributed by atoms with E-state index in [0.29, 0.717) is 5.56 Å². The summed E-state index contributed by atoms with van der Waals surface area (Å²) in [6, 6.07) is 2.84. The van der Waals surface area contributed by atoms with Crippen LogP contribution in [0.3, 0.4) is 0 Å². The lowest BCUT2D eigenvalue weighted by molar-refractivity contribution is 0.0743. The highest BCUT2D eigenvalue weighted by Gasteiger charge is 2.48. The second-order valence-corrected chi connectivity index (χ2v) is 7.06. The fourth-order valence-electron chi connectivity index (χ4n) is 4.10. The van der Waals surface area contributed by atoms with Gasteiger partial charge in [-0.2, -0.15) is 4.39 Å². The van der Waals surface area contributed by atoms with E-state index < -0.39 is 5.95 Å². The van der Waals surface area contributed by atoms with Crippen molar-refractivity contribution in [3.05, 3.63) is 29.8 Å². The molecule has 4 rings (SSSR count). The highest BCUT2D eigenvalue weighted by molar-refractivity contribution is 5.94. The molecule has 0 radical (unpaired) electrons. The molecule has 1 atom stereocenters. The number of carbonyl (C=O) groups is 1. The summed E-state index contributed by atoms with van der Waals surface area (Å²) in [6.45, 7) is 3.95. The number of pyridine rings is 1. The maximum atomic E-state index is 13.2. The Labute approximate surface area is 130 Å². The van der Waals surface area contributed by atoms with Crippen LogP contribution in [0.2, 0.25) is 0 Å². The third-order valence-corrected chi connectivity index (χ3v) is 5.51. The number of nitrogens with zero attached hydrogens (tertiary/aromatic N) is 3. The molecule has 3 aliphatic rings. The fraction of sp³-hybridized carbons (Fsp3) is 0.647. The van der Waals surface area contributed by atoms with Crippen LogP contribution in [-0.2, 0) is 0 Å². The van der Waals surface area contributed by atoms with Crippen molar-refractivity contribution < 1.29 is 9.18 Å². The predicted octanol–water partition coefficient (Wildman–Crippen LogP) is 2.31. The van der Waals surface area contributed by atoms with Crippen LogP contribution < -0.4 is 0 Å². The van der Waals surface area contributed by atoms with Crippen molar-refractivity contribution in [3.8, 4) is 0 Å². The quantitative estimate of drug-likeness (QED) is 0.804. The molecule has 2 aliphatic heterocycles. The number of carbonyl (C=O) groups excluding carboxylic acids is 1. The zero-order valence-electron chi connectivity index (χ0n) is 12.8. The van der Waals surface area contributed by atoms with Crippen molar-refractivity contribution in [3.63, 3.8) is 0 Å². The van der Waals surface area contributed by atoms with Gasteiger partial charge in [-0.05, 0) is 50.6 Å². The lowest BCUT2D eigenvalue weighted by atomic mass is 9.95. The first-order valence-electron chi connectivity index (χ1n) is 8.32. The van der Waals surface area contributed by atoms with E-state index in [0.717, 1.165) is 25.4 Å². The van der Waals surface area contributed by atoms with Crippen LogP contribution in [0.5, 0.6) is 0 Å². The normalized spacial score (nSPS) is 28.7. The van der Waals surface area contributed by atoms with E-state index in [9.17, 15) is 9.18 Å². The summed E-state index contributed by atoms with van der Waals surface area (Å²) in [4.78, 5) is 20.7. The molecule has 1 aliphatic carbocycles. The van der Waals surface area contributed by atoms with Crippen LogP contribution in [0, 0.1) is 11.9 Å². The molecule has 118 valence electrons. The molecule has 1 aromatic heterocycles. The molecule has 1 aromatic rings. The number of hydrogen-bond acceptors (Lipinski definition) is 3. The molecule has 4 nitrogen and oxygen atoms in total. The molecule has 0 unspecified atom stereocenters. The lowest BCUT2D eigenvalue weighted by Gasteiger charge is -2.35. The van der Waals surface area contributed by atoms with Gasteiger partial charge in [0.25, 0.3) is 5.91 Å². The van der Waals surface area contributed by atoms with Gasteiger partial charge in [0, 0.05) is 43.0 Å². The third-order valence-electron chi connectivity index (χ3n) is 5.51. The molecule has 0 bridgehead atoms. The van der Waals surface area contributed by atoms with Gasteiger partial charge in [0.2, 0.25) is 5.95 Å². The SMILES string of the molecule is O=C(c1ccnc(F)c1)N1CC[C@@]2(CCCN2CC2CC2)C1. The topological polar surface area (TPSA) is 36.4 Å². The molecule has 2 saturated heterocycles. The summed E-state index contributed by atoms with van der Waals surface area (Å²) in [5.41, 5.74) is 0.598. The highest BCUT2D eigenvalue weighted by Crippen LogP contribution is 2.41. The molecule has 1 amide bonds. The zero-order chi connectivity index (χ0) is 15.2. The zero-order valence-corrected chi connectivity index (χ0v) is 12.8. The van der Waals surface area contributed by atoms with Gasteiger partial charge in [0.1, 0.15) is 0 Å². The molecule has 5 heteroatoms. The Kier molecular flexibility index (Phi) is 3.40. The second kappa shape index (κ2) is 5.30. The number of aromatic nitrogens is 1. The Morgan fingerprint density at radius 1 is 1.36 bits per heavy atom. The Balaban J connectivity index is 1.48. The van der Waals surface area contributed by atoms with Crippen molar-refractivity contribution in [1.82, 2.24) is 14.8 Å². The van der Waals surface area contributed by atoms with Gasteiger partial charge in [0.05, 0.1) is 0 Å². The first kappa shape index (κ1) is 14.1. The summed E-state index contributed by atoms with van der Waals surface area (Å²) in [5.74, 6) is 0.237. The lowest BCUT2D eigenvalue weighted by Crippen LogP contribution is -2.47. The first-order chi connectivity index (χ1) is 10.7. The van der Waals surface area contributed by atoms with Gasteiger partial charge in [-0.15, -0.1) is 0 Å². The molecule has 1 spiro atoms. The Bertz CT molecular complexity index is 589. The van der Waals surface area contributed by atoms with Gasteiger partial charge in [-0.25, -0.2) is 4.98 Å². The van der Waals surface area contributed by atoms with E-state index in [-0.39, 0.29) is 11.4 Å². The summed E-state index contributed by atoms with van der Waals surface area (Å²) in [5, 5.41) is 0. The predicted molar refractivity (Wildman–Crippen MR) is 81.0 cm³/mol. The van der Waals surface area contributed by atoms with Gasteiger partial charge in [0.15, 0.2) is 0 Å². The Morgan fingerprint density at radius 2 is 2.23 bits per heavy atom. The number of halogens is 1. The van der Waals surface area contributed by atoms with E-state index >= 15 is 0 Å². The van der Waals surface area contributed by atoms with E-state index in [4.69, 9.17) is 0 Å². The summed E-state index contributed by atoms with van der Waals surface area (Å²) in [6.07, 6.45) is 7.58. The van der Waals surface area contributed by atoms with Crippen molar-refractivity contribution in [2.45, 2.75) is 37.6 Å². The average Bonchev–Trinajstić information content (AvgIpc) is 3.10. The highest BCUT2D eigenvalue weighted by atomic mass is 19.1. The molecular formula is C17H22FN3O. The molecule has 22 heavy (non-hydrogen) atoms. The maximum Gasteiger partial charge on any atom is 0.254 e. The van der Waals surface area contributed by atoms with E-state index in [1.165, 1.54) is 51.0 Å². The minimum absolute atomic E-state index is 0.0588. The summed E-state index contributed by atoms with van der Waals surface area (Å²) >= 11 is 0. The second-order valence-electron chi connectivity index (χ2n) is 7.06. The minimum atomic E-state index is -0.587. The molecule has 0 N–H and O–H groups in total.